The Labute approximate surface area is 97.2 Å². The van der Waals surface area contributed by atoms with E-state index in [1.165, 1.54) is 5.57 Å². The van der Waals surface area contributed by atoms with Crippen LogP contribution in [0.25, 0.3) is 0 Å². The number of alkyl halides is 1. The summed E-state index contributed by atoms with van der Waals surface area (Å²) in [6.45, 7) is 8.45. The third kappa shape index (κ3) is 3.62. The maximum absolute atomic E-state index is 5.95. The van der Waals surface area contributed by atoms with Crippen LogP contribution >= 0.6 is 11.6 Å². The van der Waals surface area contributed by atoms with Crippen molar-refractivity contribution < 1.29 is 0 Å². The van der Waals surface area contributed by atoms with Gasteiger partial charge in [-0.15, -0.1) is 0 Å². The molecule has 1 aliphatic carbocycles. The molecule has 0 aliphatic heterocycles. The van der Waals surface area contributed by atoms with Crippen molar-refractivity contribution in [3.63, 3.8) is 0 Å². The quantitative estimate of drug-likeness (QED) is 0.427. The Morgan fingerprint density at radius 2 is 2.00 bits per heavy atom. The van der Waals surface area contributed by atoms with Crippen LogP contribution in [0, 0.1) is 5.41 Å². The third-order valence-electron chi connectivity index (χ3n) is 2.12. The standard InChI is InChI=1S/C13H18ClN/c1-10(14)15-12-9-7-5-6-8-11(12)13(2,3)4/h5-8,10,15H,1-4H3. The molecule has 0 heterocycles. The molecule has 15 heavy (non-hydrogen) atoms. The fourth-order valence-electron chi connectivity index (χ4n) is 1.44. The van der Waals surface area contributed by atoms with Gasteiger partial charge in [0.2, 0.25) is 0 Å². The first kappa shape index (κ1) is 12.2. The minimum Gasteiger partial charge on any atom is -0.363 e. The maximum Gasteiger partial charge on any atom is 0.0988 e. The molecule has 0 saturated heterocycles. The van der Waals surface area contributed by atoms with Crippen LogP contribution in [0.1, 0.15) is 27.7 Å². The van der Waals surface area contributed by atoms with Crippen LogP contribution in [-0.4, -0.2) is 5.50 Å². The van der Waals surface area contributed by atoms with Gasteiger partial charge in [-0.3, -0.25) is 0 Å². The van der Waals surface area contributed by atoms with Crippen LogP contribution in [0.3, 0.4) is 0 Å². The van der Waals surface area contributed by atoms with Crippen LogP contribution in [0.5, 0.6) is 0 Å². The zero-order valence-electron chi connectivity index (χ0n) is 9.76. The summed E-state index contributed by atoms with van der Waals surface area (Å²) in [6, 6.07) is 0. The van der Waals surface area contributed by atoms with Crippen LogP contribution in [0.15, 0.2) is 41.3 Å². The van der Waals surface area contributed by atoms with Gasteiger partial charge < -0.3 is 5.32 Å². The Balaban J connectivity index is 3.06. The van der Waals surface area contributed by atoms with Gasteiger partial charge in [0.15, 0.2) is 0 Å². The molecule has 1 unspecified atom stereocenters. The highest BCUT2D eigenvalue weighted by molar-refractivity contribution is 6.20. The molecule has 0 radical (unpaired) electrons. The molecule has 0 amide bonds. The topological polar surface area (TPSA) is 12.0 Å². The molecule has 1 atom stereocenters. The lowest BCUT2D eigenvalue weighted by atomic mass is 9.84. The Kier molecular flexibility index (Phi) is 3.84. The minimum atomic E-state index is -0.0928. The number of nitrogens with one attached hydrogen (secondary N) is 1. The fourth-order valence-corrected chi connectivity index (χ4v) is 1.55. The smallest absolute Gasteiger partial charge is 0.0988 e. The summed E-state index contributed by atoms with van der Waals surface area (Å²) in [5.41, 5.74) is 5.41. The third-order valence-corrected chi connectivity index (χ3v) is 2.23. The van der Waals surface area contributed by atoms with E-state index in [1.54, 1.807) is 0 Å². The van der Waals surface area contributed by atoms with Crippen molar-refractivity contribution in [2.45, 2.75) is 33.2 Å². The van der Waals surface area contributed by atoms with Gasteiger partial charge in [0.25, 0.3) is 0 Å². The lowest BCUT2D eigenvalue weighted by molar-refractivity contribution is 0.501. The molecule has 82 valence electrons. The molecular weight excluding hydrogens is 206 g/mol. The second kappa shape index (κ2) is 4.74. The summed E-state index contributed by atoms with van der Waals surface area (Å²) in [5, 5.41) is 3.21. The van der Waals surface area contributed by atoms with Gasteiger partial charge in [0.1, 0.15) is 0 Å². The Morgan fingerprint density at radius 1 is 1.33 bits per heavy atom. The number of halogens is 1. The summed E-state index contributed by atoms with van der Waals surface area (Å²) >= 11 is 5.95. The fraction of sp³-hybridized carbons (Fsp3) is 0.462. The maximum atomic E-state index is 5.95. The van der Waals surface area contributed by atoms with E-state index in [0.717, 1.165) is 5.70 Å². The molecule has 0 spiro atoms. The van der Waals surface area contributed by atoms with E-state index in [2.05, 4.69) is 37.9 Å². The highest BCUT2D eigenvalue weighted by atomic mass is 35.5. The molecule has 1 aliphatic rings. The molecule has 1 nitrogen and oxygen atoms in total. The van der Waals surface area contributed by atoms with Crippen molar-refractivity contribution >= 4 is 11.6 Å². The molecule has 1 rings (SSSR count). The van der Waals surface area contributed by atoms with E-state index in [1.807, 2.05) is 25.2 Å². The number of hydrogen-bond donors (Lipinski definition) is 1. The average molecular weight is 224 g/mol. The lowest BCUT2D eigenvalue weighted by Crippen LogP contribution is -2.25. The number of hydrogen-bond acceptors (Lipinski definition) is 1. The number of rotatable bonds is 2. The van der Waals surface area contributed by atoms with Gasteiger partial charge in [-0.05, 0) is 24.0 Å². The van der Waals surface area contributed by atoms with Crippen LogP contribution in [0.2, 0.25) is 0 Å². The lowest BCUT2D eigenvalue weighted by Gasteiger charge is -2.25. The van der Waals surface area contributed by atoms with Crippen molar-refractivity contribution in [1.29, 1.82) is 0 Å². The summed E-state index contributed by atoms with van der Waals surface area (Å²) in [4.78, 5) is 0. The molecule has 0 saturated carbocycles. The molecule has 0 fully saturated rings. The zero-order valence-corrected chi connectivity index (χ0v) is 10.5. The zero-order chi connectivity index (χ0) is 11.5. The van der Waals surface area contributed by atoms with Crippen LogP contribution < -0.4 is 5.32 Å². The SMILES string of the molecule is CC(Cl)NC1=C=CC=CC=C1C(C)(C)C. The van der Waals surface area contributed by atoms with Crippen molar-refractivity contribution in [1.82, 2.24) is 5.32 Å². The predicted molar refractivity (Wildman–Crippen MR) is 66.7 cm³/mol. The van der Waals surface area contributed by atoms with E-state index in [9.17, 15) is 0 Å². The highest BCUT2D eigenvalue weighted by Crippen LogP contribution is 2.30. The van der Waals surface area contributed by atoms with E-state index < -0.39 is 0 Å². The summed E-state index contributed by atoms with van der Waals surface area (Å²) in [5.74, 6) is 0. The van der Waals surface area contributed by atoms with Gasteiger partial charge in [-0.1, -0.05) is 56.3 Å². The van der Waals surface area contributed by atoms with Crippen molar-refractivity contribution in [2.75, 3.05) is 0 Å². The van der Waals surface area contributed by atoms with Crippen molar-refractivity contribution in [3.05, 3.63) is 41.3 Å². The predicted octanol–water partition coefficient (Wildman–Crippen LogP) is 3.74. The number of allylic oxidation sites excluding steroid dienone is 4. The van der Waals surface area contributed by atoms with E-state index in [4.69, 9.17) is 11.6 Å². The Bertz CT molecular complexity index is 347. The van der Waals surface area contributed by atoms with E-state index in [-0.39, 0.29) is 10.9 Å². The molecule has 1 N–H and O–H groups in total. The van der Waals surface area contributed by atoms with Crippen LogP contribution in [0.4, 0.5) is 0 Å². The van der Waals surface area contributed by atoms with E-state index in [0.29, 0.717) is 0 Å². The normalized spacial score (nSPS) is 17.9. The average Bonchev–Trinajstić information content (AvgIpc) is 2.27. The van der Waals surface area contributed by atoms with Gasteiger partial charge in [0.05, 0.1) is 11.2 Å². The van der Waals surface area contributed by atoms with Gasteiger partial charge >= 0.3 is 0 Å². The molecule has 0 aromatic carbocycles. The summed E-state index contributed by atoms with van der Waals surface area (Å²) in [7, 11) is 0. The molecule has 2 heteroatoms. The summed E-state index contributed by atoms with van der Waals surface area (Å²) in [6.07, 6.45) is 8.01. The summed E-state index contributed by atoms with van der Waals surface area (Å²) < 4.78 is 0. The largest absolute Gasteiger partial charge is 0.363 e. The van der Waals surface area contributed by atoms with Gasteiger partial charge in [-0.25, -0.2) is 0 Å². The molecule has 0 aromatic rings. The van der Waals surface area contributed by atoms with Crippen molar-refractivity contribution in [3.8, 4) is 0 Å². The second-order valence-electron chi connectivity index (χ2n) is 4.66. The van der Waals surface area contributed by atoms with Crippen LogP contribution in [-0.2, 0) is 0 Å². The Morgan fingerprint density at radius 3 is 2.53 bits per heavy atom. The first-order valence-corrected chi connectivity index (χ1v) is 5.60. The molecule has 0 aromatic heterocycles. The molecular formula is C13H18ClN. The Hall–Kier alpha value is -0.910. The van der Waals surface area contributed by atoms with Crippen molar-refractivity contribution in [2.24, 2.45) is 5.41 Å². The van der Waals surface area contributed by atoms with E-state index >= 15 is 0 Å². The first-order chi connectivity index (χ1) is 6.91. The minimum absolute atomic E-state index is 0.0869. The molecule has 0 bridgehead atoms. The van der Waals surface area contributed by atoms with Gasteiger partial charge in [0, 0.05) is 0 Å². The second-order valence-corrected chi connectivity index (χ2v) is 5.32. The monoisotopic (exact) mass is 223 g/mol. The first-order valence-electron chi connectivity index (χ1n) is 5.16. The van der Waals surface area contributed by atoms with Gasteiger partial charge in [-0.2, -0.15) is 0 Å². The highest BCUT2D eigenvalue weighted by Gasteiger charge is 2.21.